The van der Waals surface area contributed by atoms with E-state index < -0.39 is 6.80 Å². The monoisotopic (exact) mass is 385 g/mol. The summed E-state index contributed by atoms with van der Waals surface area (Å²) in [5.41, 5.74) is 9.38. The summed E-state index contributed by atoms with van der Waals surface area (Å²) in [5, 5.41) is 2.64. The second-order valence-corrected chi connectivity index (χ2v) is 6.41. The highest BCUT2D eigenvalue weighted by Crippen LogP contribution is 2.27. The van der Waals surface area contributed by atoms with E-state index in [9.17, 15) is 13.6 Å². The zero-order valence-corrected chi connectivity index (χ0v) is 15.5. The van der Waals surface area contributed by atoms with Crippen molar-refractivity contribution in [2.45, 2.75) is 6.92 Å². The maximum atomic E-state index is 13.3. The number of pyridine rings is 1. The first-order valence-electron chi connectivity index (χ1n) is 8.79. The summed E-state index contributed by atoms with van der Waals surface area (Å²) in [7, 11) is 0. The Morgan fingerprint density at radius 3 is 2.68 bits per heavy atom. The van der Waals surface area contributed by atoms with E-state index in [1.165, 1.54) is 19.1 Å². The third-order valence-corrected chi connectivity index (χ3v) is 4.33. The van der Waals surface area contributed by atoms with Gasteiger partial charge in [-0.3, -0.25) is 14.7 Å². The van der Waals surface area contributed by atoms with Gasteiger partial charge < -0.3 is 11.1 Å². The van der Waals surface area contributed by atoms with Crippen molar-refractivity contribution in [3.8, 4) is 0 Å². The molecule has 0 bridgehead atoms. The number of aromatic nitrogens is 1. The predicted molar refractivity (Wildman–Crippen MR) is 106 cm³/mol. The second kappa shape index (κ2) is 8.71. The van der Waals surface area contributed by atoms with Crippen LogP contribution in [0.5, 0.6) is 0 Å². The largest absolute Gasteiger partial charge is 0.398 e. The highest BCUT2D eigenvalue weighted by Gasteiger charge is 2.21. The van der Waals surface area contributed by atoms with Crippen molar-refractivity contribution in [3.63, 3.8) is 0 Å². The third kappa shape index (κ3) is 4.58. The maximum absolute atomic E-state index is 13.3. The van der Waals surface area contributed by atoms with Crippen LogP contribution in [0.25, 0.3) is 11.3 Å². The second-order valence-electron chi connectivity index (χ2n) is 6.41. The number of amides is 1. The van der Waals surface area contributed by atoms with E-state index in [-0.39, 0.29) is 11.7 Å². The van der Waals surface area contributed by atoms with E-state index in [1.54, 1.807) is 35.4 Å². The van der Waals surface area contributed by atoms with Crippen LogP contribution in [0, 0.1) is 5.82 Å². The summed E-state index contributed by atoms with van der Waals surface area (Å²) < 4.78 is 26.5. The molecule has 1 aromatic carbocycles. The summed E-state index contributed by atoms with van der Waals surface area (Å²) >= 11 is 0. The molecule has 0 fully saturated rings. The number of hydrogen-bond acceptors (Lipinski definition) is 5. The maximum Gasteiger partial charge on any atom is 0.222 e. The van der Waals surface area contributed by atoms with E-state index in [0.29, 0.717) is 53.6 Å². The number of rotatable bonds is 5. The lowest BCUT2D eigenvalue weighted by Crippen LogP contribution is -2.36. The van der Waals surface area contributed by atoms with Crippen LogP contribution in [-0.4, -0.2) is 47.9 Å². The molecule has 1 amide bonds. The molecule has 0 aliphatic carbocycles. The molecule has 1 aliphatic rings. The summed E-state index contributed by atoms with van der Waals surface area (Å²) in [6, 6.07) is 9.24. The van der Waals surface area contributed by atoms with E-state index in [2.05, 4.69) is 15.3 Å². The van der Waals surface area contributed by atoms with Crippen molar-refractivity contribution in [3.05, 3.63) is 59.5 Å². The fraction of sp³-hybridized carbons (Fsp3) is 0.250. The van der Waals surface area contributed by atoms with Gasteiger partial charge in [0.05, 0.1) is 12.3 Å². The molecule has 6 nitrogen and oxygen atoms in total. The number of hydrogen-bond donors (Lipinski definition) is 2. The number of anilines is 1. The third-order valence-electron chi connectivity index (χ3n) is 4.33. The smallest absolute Gasteiger partial charge is 0.222 e. The Morgan fingerprint density at radius 2 is 2.00 bits per heavy atom. The highest BCUT2D eigenvalue weighted by atomic mass is 19.1. The van der Waals surface area contributed by atoms with Crippen LogP contribution in [0.3, 0.4) is 0 Å². The van der Waals surface area contributed by atoms with Gasteiger partial charge in [0.2, 0.25) is 5.91 Å². The van der Waals surface area contributed by atoms with E-state index in [1.807, 2.05) is 0 Å². The van der Waals surface area contributed by atoms with Crippen molar-refractivity contribution >= 4 is 28.7 Å². The lowest BCUT2D eigenvalue weighted by atomic mass is 9.95. The fourth-order valence-electron chi connectivity index (χ4n) is 3.01. The topological polar surface area (TPSA) is 83.6 Å². The number of carbonyl (C=O) groups excluding carboxylic acids is 1. The molecule has 3 N–H and O–H groups in total. The molecule has 0 radical (unpaired) electrons. The van der Waals surface area contributed by atoms with Crippen LogP contribution < -0.4 is 11.1 Å². The lowest BCUT2D eigenvalue weighted by molar-refractivity contribution is -0.114. The minimum absolute atomic E-state index is 0.250. The first-order valence-corrected chi connectivity index (χ1v) is 8.79. The average molecular weight is 385 g/mol. The van der Waals surface area contributed by atoms with Crippen LogP contribution in [0.1, 0.15) is 18.1 Å². The molecule has 1 aromatic heterocycles. The number of alkyl halides is 1. The van der Waals surface area contributed by atoms with Gasteiger partial charge in [0.1, 0.15) is 18.4 Å². The number of nitrogens with zero attached hydrogens (tertiary/aromatic N) is 3. The number of nitrogens with one attached hydrogen (secondary N) is 1. The molecule has 8 heteroatoms. The summed E-state index contributed by atoms with van der Waals surface area (Å²) in [6.45, 7) is 2.07. The van der Waals surface area contributed by atoms with E-state index in [4.69, 9.17) is 5.73 Å². The van der Waals surface area contributed by atoms with Gasteiger partial charge in [0.15, 0.2) is 0 Å². The number of carbonyl (C=O) groups is 1. The Labute approximate surface area is 161 Å². The van der Waals surface area contributed by atoms with Crippen LogP contribution in [0.2, 0.25) is 0 Å². The van der Waals surface area contributed by atoms with E-state index in [0.717, 1.165) is 0 Å². The predicted octanol–water partition coefficient (Wildman–Crippen LogP) is 2.69. The zero-order valence-electron chi connectivity index (χ0n) is 15.5. The fourth-order valence-corrected chi connectivity index (χ4v) is 3.01. The molecule has 0 saturated carbocycles. The molecule has 0 atom stereocenters. The Bertz CT molecular complexity index is 924. The Balaban J connectivity index is 2.12. The van der Waals surface area contributed by atoms with Crippen molar-refractivity contribution in [1.29, 1.82) is 0 Å². The quantitative estimate of drug-likeness (QED) is 0.775. The van der Waals surface area contributed by atoms with Crippen molar-refractivity contribution < 1.29 is 13.6 Å². The average Bonchev–Trinajstić information content (AvgIpc) is 2.68. The summed E-state index contributed by atoms with van der Waals surface area (Å²) in [6.07, 6.45) is 1.55. The van der Waals surface area contributed by atoms with Gasteiger partial charge in [-0.15, -0.1) is 0 Å². The summed E-state index contributed by atoms with van der Waals surface area (Å²) in [4.78, 5) is 21.7. The van der Waals surface area contributed by atoms with Gasteiger partial charge in [-0.2, -0.15) is 0 Å². The van der Waals surface area contributed by atoms with Gasteiger partial charge in [-0.05, 0) is 47.5 Å². The normalized spacial score (nSPS) is 15.6. The minimum atomic E-state index is -0.587. The van der Waals surface area contributed by atoms with Gasteiger partial charge in [0, 0.05) is 37.5 Å². The van der Waals surface area contributed by atoms with Crippen LogP contribution >= 0.6 is 0 Å². The molecule has 3 rings (SSSR count). The van der Waals surface area contributed by atoms with Gasteiger partial charge >= 0.3 is 0 Å². The summed E-state index contributed by atoms with van der Waals surface area (Å²) in [5.74, 6) is -0.248. The molecule has 2 aromatic rings. The van der Waals surface area contributed by atoms with Crippen molar-refractivity contribution in [2.75, 3.05) is 31.7 Å². The highest BCUT2D eigenvalue weighted by molar-refractivity contribution is 6.31. The molecule has 1 aliphatic heterocycles. The Kier molecular flexibility index (Phi) is 6.10. The molecule has 146 valence electrons. The van der Waals surface area contributed by atoms with Crippen molar-refractivity contribution in [1.82, 2.24) is 9.88 Å². The molecule has 28 heavy (non-hydrogen) atoms. The minimum Gasteiger partial charge on any atom is -0.398 e. The molecular formula is C20H21F2N5O. The Morgan fingerprint density at radius 1 is 1.25 bits per heavy atom. The molecular weight excluding hydrogens is 364 g/mol. The first kappa shape index (κ1) is 19.6. The van der Waals surface area contributed by atoms with Gasteiger partial charge in [-0.1, -0.05) is 0 Å². The standard InChI is InChI=1S/C20H21F2N5O/c1-13(28)26-18-10-15(6-7-25-18)19(17-11-27(12-21)9-8-24-17)20(23)14-2-4-16(22)5-3-14/h2-7,10H,8-9,11-12,23H2,1H3,(H,25,26,28). The number of benzene rings is 1. The SMILES string of the molecule is CC(=O)Nc1cc(C(C2=NCCN(CF)C2)=C(N)c2ccc(F)cc2)ccn1. The molecule has 0 spiro atoms. The zero-order chi connectivity index (χ0) is 20.1. The first-order chi connectivity index (χ1) is 13.5. The molecule has 2 heterocycles. The van der Waals surface area contributed by atoms with Crippen molar-refractivity contribution in [2.24, 2.45) is 10.7 Å². The van der Waals surface area contributed by atoms with Crippen LogP contribution in [0.4, 0.5) is 14.6 Å². The van der Waals surface area contributed by atoms with Gasteiger partial charge in [0.25, 0.3) is 0 Å². The van der Waals surface area contributed by atoms with Gasteiger partial charge in [-0.25, -0.2) is 13.8 Å². The number of halogens is 2. The lowest BCUT2D eigenvalue weighted by Gasteiger charge is -2.26. The number of nitrogens with two attached hydrogens (primary N) is 1. The van der Waals surface area contributed by atoms with E-state index >= 15 is 0 Å². The Hall–Kier alpha value is -3.13. The van der Waals surface area contributed by atoms with Crippen LogP contribution in [0.15, 0.2) is 47.6 Å². The van der Waals surface area contributed by atoms with Crippen LogP contribution in [-0.2, 0) is 4.79 Å². The molecule has 0 unspecified atom stereocenters. The molecule has 0 saturated heterocycles. The number of aliphatic imine (C=N–C) groups is 1.